The first-order chi connectivity index (χ1) is 16.1. The van der Waals surface area contributed by atoms with Gasteiger partial charge in [-0.15, -0.1) is 10.2 Å². The third-order valence-electron chi connectivity index (χ3n) is 5.08. The molecule has 3 aromatic rings. The number of carbonyl (C=O) groups excluding carboxylic acids is 1. The van der Waals surface area contributed by atoms with Crippen LogP contribution in [-0.2, 0) is 14.8 Å². The maximum Gasteiger partial charge on any atom is 0.238 e. The van der Waals surface area contributed by atoms with E-state index in [0.717, 1.165) is 23.7 Å². The van der Waals surface area contributed by atoms with E-state index < -0.39 is 10.0 Å². The second-order valence-electron chi connectivity index (χ2n) is 7.67. The number of hydrogen-bond acceptors (Lipinski definition) is 8. The molecule has 12 heteroatoms. The summed E-state index contributed by atoms with van der Waals surface area (Å²) in [5.41, 5.74) is 1.19. The van der Waals surface area contributed by atoms with Gasteiger partial charge in [0, 0.05) is 11.4 Å². The van der Waals surface area contributed by atoms with Gasteiger partial charge in [0.2, 0.25) is 15.9 Å². The maximum absolute atomic E-state index is 12.6. The Bertz CT molecular complexity index is 1240. The predicted molar refractivity (Wildman–Crippen MR) is 132 cm³/mol. The standard InChI is InChI=1S/C22H28N6O4S2/c1-5-19(27(2)3)21-25-26-22(28(21)16-9-11-17(32-4)12-10-16)33-14-20(29)24-15-7-6-8-18(13-15)34(23,30)31/h6-13,19H,5,14H2,1-4H3,(H,24,29)(H2,23,30,31)/t19-/m1/s1. The topological polar surface area (TPSA) is 132 Å². The Hall–Kier alpha value is -2.93. The van der Waals surface area contributed by atoms with Crippen molar-refractivity contribution >= 4 is 33.4 Å². The van der Waals surface area contributed by atoms with Crippen molar-refractivity contribution in [2.45, 2.75) is 29.4 Å². The Labute approximate surface area is 203 Å². The van der Waals surface area contributed by atoms with Crippen molar-refractivity contribution in [1.29, 1.82) is 0 Å². The summed E-state index contributed by atoms with van der Waals surface area (Å²) in [7, 11) is 1.71. The summed E-state index contributed by atoms with van der Waals surface area (Å²) < 4.78 is 30.3. The minimum atomic E-state index is -3.86. The number of nitrogens with one attached hydrogen (secondary N) is 1. The number of methoxy groups -OCH3 is 1. The zero-order valence-corrected chi connectivity index (χ0v) is 21.1. The summed E-state index contributed by atoms with van der Waals surface area (Å²) >= 11 is 1.23. The van der Waals surface area contributed by atoms with Crippen molar-refractivity contribution in [3.8, 4) is 11.4 Å². The van der Waals surface area contributed by atoms with Gasteiger partial charge in [-0.2, -0.15) is 0 Å². The molecule has 0 aliphatic rings. The highest BCUT2D eigenvalue weighted by atomic mass is 32.2. The number of hydrogen-bond donors (Lipinski definition) is 2. The lowest BCUT2D eigenvalue weighted by Gasteiger charge is -2.23. The van der Waals surface area contributed by atoms with E-state index in [-0.39, 0.29) is 22.6 Å². The number of primary sulfonamides is 1. The Morgan fingerprint density at radius 2 is 1.91 bits per heavy atom. The number of ether oxygens (including phenoxy) is 1. The molecule has 0 aliphatic carbocycles. The number of nitrogens with zero attached hydrogens (tertiary/aromatic N) is 4. The average molecular weight is 505 g/mol. The lowest BCUT2D eigenvalue weighted by molar-refractivity contribution is -0.113. The summed E-state index contributed by atoms with van der Waals surface area (Å²) in [5.74, 6) is 1.23. The second-order valence-corrected chi connectivity index (χ2v) is 10.2. The van der Waals surface area contributed by atoms with Crippen LogP contribution < -0.4 is 15.2 Å². The highest BCUT2D eigenvalue weighted by Gasteiger charge is 2.23. The summed E-state index contributed by atoms with van der Waals surface area (Å²) in [5, 5.41) is 17.2. The fourth-order valence-electron chi connectivity index (χ4n) is 3.42. The molecule has 0 spiro atoms. The van der Waals surface area contributed by atoms with Crippen molar-refractivity contribution in [3.05, 3.63) is 54.4 Å². The lowest BCUT2D eigenvalue weighted by Crippen LogP contribution is -2.23. The molecule has 0 fully saturated rings. The van der Waals surface area contributed by atoms with Crippen LogP contribution >= 0.6 is 11.8 Å². The molecule has 0 bridgehead atoms. The van der Waals surface area contributed by atoms with Crippen LogP contribution in [0.2, 0.25) is 0 Å². The van der Waals surface area contributed by atoms with Gasteiger partial charge in [0.25, 0.3) is 0 Å². The molecule has 34 heavy (non-hydrogen) atoms. The first-order valence-electron chi connectivity index (χ1n) is 10.5. The molecule has 3 rings (SSSR count). The number of thioether (sulfide) groups is 1. The zero-order chi connectivity index (χ0) is 24.9. The second kappa shape index (κ2) is 11.0. The molecule has 0 radical (unpaired) electrons. The van der Waals surface area contributed by atoms with E-state index in [0.29, 0.717) is 10.8 Å². The molecule has 0 saturated carbocycles. The number of anilines is 1. The van der Waals surface area contributed by atoms with E-state index in [1.54, 1.807) is 13.2 Å². The number of benzene rings is 2. The number of sulfonamides is 1. The van der Waals surface area contributed by atoms with Crippen molar-refractivity contribution in [1.82, 2.24) is 19.7 Å². The first kappa shape index (κ1) is 25.7. The molecule has 0 saturated heterocycles. The van der Waals surface area contributed by atoms with Crippen LogP contribution in [0.5, 0.6) is 5.75 Å². The summed E-state index contributed by atoms with van der Waals surface area (Å²) in [6.45, 7) is 2.08. The quantitative estimate of drug-likeness (QED) is 0.403. The lowest BCUT2D eigenvalue weighted by atomic mass is 10.2. The molecule has 2 aromatic carbocycles. The third-order valence-corrected chi connectivity index (χ3v) is 6.92. The van der Waals surface area contributed by atoms with Crippen LogP contribution in [0.3, 0.4) is 0 Å². The number of carbonyl (C=O) groups is 1. The van der Waals surface area contributed by atoms with Gasteiger partial charge in [-0.05, 0) is 63.0 Å². The van der Waals surface area contributed by atoms with Gasteiger partial charge in [0.1, 0.15) is 5.75 Å². The average Bonchev–Trinajstić information content (AvgIpc) is 3.21. The molecular formula is C22H28N6O4S2. The zero-order valence-electron chi connectivity index (χ0n) is 19.4. The molecule has 1 atom stereocenters. The van der Waals surface area contributed by atoms with E-state index in [2.05, 4.69) is 27.3 Å². The van der Waals surface area contributed by atoms with Gasteiger partial charge >= 0.3 is 0 Å². The Balaban J connectivity index is 1.84. The van der Waals surface area contributed by atoms with Crippen LogP contribution in [0, 0.1) is 0 Å². The van der Waals surface area contributed by atoms with Crippen molar-refractivity contribution in [2.24, 2.45) is 5.14 Å². The molecule has 0 aliphatic heterocycles. The van der Waals surface area contributed by atoms with E-state index in [4.69, 9.17) is 9.88 Å². The maximum atomic E-state index is 12.6. The molecule has 0 unspecified atom stereocenters. The molecule has 1 heterocycles. The van der Waals surface area contributed by atoms with Crippen LogP contribution in [0.15, 0.2) is 58.6 Å². The van der Waals surface area contributed by atoms with Gasteiger partial charge in [0.05, 0.1) is 23.8 Å². The van der Waals surface area contributed by atoms with Crippen LogP contribution in [0.4, 0.5) is 5.69 Å². The first-order valence-corrected chi connectivity index (χ1v) is 13.0. The minimum absolute atomic E-state index is 0.0266. The number of nitrogens with two attached hydrogens (primary N) is 1. The highest BCUT2D eigenvalue weighted by molar-refractivity contribution is 7.99. The van der Waals surface area contributed by atoms with E-state index in [1.165, 1.54) is 30.0 Å². The molecule has 1 aromatic heterocycles. The van der Waals surface area contributed by atoms with Crippen molar-refractivity contribution in [3.63, 3.8) is 0 Å². The van der Waals surface area contributed by atoms with Crippen molar-refractivity contribution < 1.29 is 17.9 Å². The monoisotopic (exact) mass is 504 g/mol. The smallest absolute Gasteiger partial charge is 0.238 e. The summed E-state index contributed by atoms with van der Waals surface area (Å²) in [6.07, 6.45) is 0.826. The van der Waals surface area contributed by atoms with Crippen molar-refractivity contribution in [2.75, 3.05) is 32.3 Å². The van der Waals surface area contributed by atoms with Gasteiger partial charge in [0.15, 0.2) is 11.0 Å². The molecule has 182 valence electrons. The van der Waals surface area contributed by atoms with Crippen LogP contribution in [-0.4, -0.2) is 60.9 Å². The fourth-order valence-corrected chi connectivity index (χ4v) is 4.74. The molecule has 10 nitrogen and oxygen atoms in total. The Morgan fingerprint density at radius 3 is 2.50 bits per heavy atom. The predicted octanol–water partition coefficient (Wildman–Crippen LogP) is 2.67. The Morgan fingerprint density at radius 1 is 1.21 bits per heavy atom. The van der Waals surface area contributed by atoms with Crippen LogP contribution in [0.25, 0.3) is 5.69 Å². The summed E-state index contributed by atoms with van der Waals surface area (Å²) in [4.78, 5) is 14.6. The van der Waals surface area contributed by atoms with Crippen LogP contribution in [0.1, 0.15) is 25.2 Å². The molecular weight excluding hydrogens is 476 g/mol. The SMILES string of the molecule is CC[C@H](c1nnc(SCC(=O)Nc2cccc(S(N)(=O)=O)c2)n1-c1ccc(OC)cc1)N(C)C. The van der Waals surface area contributed by atoms with Gasteiger partial charge in [-0.3, -0.25) is 14.3 Å². The number of aromatic nitrogens is 3. The van der Waals surface area contributed by atoms with E-state index in [1.807, 2.05) is 42.9 Å². The largest absolute Gasteiger partial charge is 0.497 e. The fraction of sp³-hybridized carbons (Fsp3) is 0.318. The van der Waals surface area contributed by atoms with E-state index in [9.17, 15) is 13.2 Å². The third kappa shape index (κ3) is 6.14. The molecule has 3 N–H and O–H groups in total. The van der Waals surface area contributed by atoms with Gasteiger partial charge in [-0.1, -0.05) is 24.8 Å². The minimum Gasteiger partial charge on any atom is -0.497 e. The molecule has 1 amide bonds. The van der Waals surface area contributed by atoms with Gasteiger partial charge in [-0.25, -0.2) is 13.6 Å². The van der Waals surface area contributed by atoms with Gasteiger partial charge < -0.3 is 10.1 Å². The Kier molecular flexibility index (Phi) is 8.31. The number of rotatable bonds is 10. The normalized spacial score (nSPS) is 12.5. The van der Waals surface area contributed by atoms with E-state index >= 15 is 0 Å². The summed E-state index contributed by atoms with van der Waals surface area (Å²) in [6, 6.07) is 13.4. The number of amides is 1. The highest BCUT2D eigenvalue weighted by Crippen LogP contribution is 2.29.